The third kappa shape index (κ3) is 4.10. The molecule has 0 radical (unpaired) electrons. The quantitative estimate of drug-likeness (QED) is 0.542. The van der Waals surface area contributed by atoms with E-state index in [1.165, 1.54) is 17.7 Å². The first-order chi connectivity index (χ1) is 14.2. The van der Waals surface area contributed by atoms with Crippen molar-refractivity contribution >= 4 is 35.1 Å². The number of pyridine rings is 1. The normalized spacial score (nSPS) is 14.8. The maximum Gasteiger partial charge on any atom is 0.337 e. The fourth-order valence-corrected chi connectivity index (χ4v) is 4.25. The van der Waals surface area contributed by atoms with E-state index in [2.05, 4.69) is 53.3 Å². The van der Waals surface area contributed by atoms with Gasteiger partial charge in [-0.2, -0.15) is 0 Å². The Bertz CT molecular complexity index is 1090. The van der Waals surface area contributed by atoms with Crippen LogP contribution in [0.5, 0.6) is 0 Å². The van der Waals surface area contributed by atoms with Crippen LogP contribution in [-0.2, 0) is 4.74 Å². The van der Waals surface area contributed by atoms with Crippen molar-refractivity contribution in [2.24, 2.45) is 0 Å². The SMILES string of the molecule is COC(=O)c1ccc(C(=Cc2ccncc2)C=C2Sc3ccccc3N2C)cc1. The molecule has 4 rings (SSSR count). The van der Waals surface area contributed by atoms with Gasteiger partial charge >= 0.3 is 5.97 Å². The Morgan fingerprint density at radius 1 is 1.00 bits per heavy atom. The van der Waals surface area contributed by atoms with Crippen molar-refractivity contribution in [1.82, 2.24) is 4.98 Å². The summed E-state index contributed by atoms with van der Waals surface area (Å²) in [6, 6.07) is 19.8. The minimum atomic E-state index is -0.337. The van der Waals surface area contributed by atoms with E-state index < -0.39 is 0 Å². The maximum absolute atomic E-state index is 11.8. The third-order valence-electron chi connectivity index (χ3n) is 4.72. The van der Waals surface area contributed by atoms with Gasteiger partial charge in [-0.25, -0.2) is 4.79 Å². The van der Waals surface area contributed by atoms with Gasteiger partial charge in [-0.05, 0) is 65.3 Å². The summed E-state index contributed by atoms with van der Waals surface area (Å²) in [6.07, 6.45) is 7.87. The second-order valence-corrected chi connectivity index (χ2v) is 7.62. The van der Waals surface area contributed by atoms with Crippen LogP contribution in [0.25, 0.3) is 11.6 Å². The number of fused-ring (bicyclic) bond motifs is 1. The summed E-state index contributed by atoms with van der Waals surface area (Å²) in [6.45, 7) is 0. The summed E-state index contributed by atoms with van der Waals surface area (Å²) >= 11 is 1.75. The number of nitrogens with zero attached hydrogens (tertiary/aromatic N) is 2. The number of methoxy groups -OCH3 is 1. The van der Waals surface area contributed by atoms with Crippen molar-refractivity contribution < 1.29 is 9.53 Å². The number of hydrogen-bond donors (Lipinski definition) is 0. The standard InChI is InChI=1S/C24H20N2O2S/c1-26-21-5-3-4-6-22(21)29-23(26)16-20(15-17-11-13-25-14-12-17)18-7-9-19(10-8-18)24(27)28-2/h3-16H,1-2H3. The molecule has 0 saturated heterocycles. The molecule has 0 saturated carbocycles. The van der Waals surface area contributed by atoms with Crippen LogP contribution in [0.2, 0.25) is 0 Å². The first-order valence-corrected chi connectivity index (χ1v) is 10.00. The van der Waals surface area contributed by atoms with Crippen LogP contribution in [0, 0.1) is 0 Å². The molecule has 0 unspecified atom stereocenters. The first-order valence-electron chi connectivity index (χ1n) is 9.18. The van der Waals surface area contributed by atoms with Gasteiger partial charge in [0.15, 0.2) is 0 Å². The molecule has 144 valence electrons. The molecular formula is C24H20N2O2S. The van der Waals surface area contributed by atoms with Crippen LogP contribution in [0.4, 0.5) is 5.69 Å². The number of esters is 1. The van der Waals surface area contributed by atoms with Crippen molar-refractivity contribution in [2.45, 2.75) is 4.90 Å². The van der Waals surface area contributed by atoms with Crippen LogP contribution in [0.3, 0.4) is 0 Å². The van der Waals surface area contributed by atoms with E-state index in [4.69, 9.17) is 4.74 Å². The Kier molecular flexibility index (Phi) is 5.49. The lowest BCUT2D eigenvalue weighted by Crippen LogP contribution is -2.09. The summed E-state index contributed by atoms with van der Waals surface area (Å²) < 4.78 is 4.81. The highest BCUT2D eigenvalue weighted by Crippen LogP contribution is 2.45. The monoisotopic (exact) mass is 400 g/mol. The van der Waals surface area contributed by atoms with Gasteiger partial charge in [-0.15, -0.1) is 0 Å². The summed E-state index contributed by atoms with van der Waals surface area (Å²) in [5.74, 6) is -0.337. The number of para-hydroxylation sites is 1. The summed E-state index contributed by atoms with van der Waals surface area (Å²) in [7, 11) is 3.47. The first kappa shape index (κ1) is 19.0. The van der Waals surface area contributed by atoms with Crippen LogP contribution in [0.1, 0.15) is 21.5 Å². The van der Waals surface area contributed by atoms with Crippen molar-refractivity contribution in [1.29, 1.82) is 0 Å². The number of anilines is 1. The van der Waals surface area contributed by atoms with E-state index in [1.807, 2.05) is 24.3 Å². The number of thioether (sulfide) groups is 1. The number of allylic oxidation sites excluding steroid dienone is 2. The molecule has 5 heteroatoms. The molecule has 0 bridgehead atoms. The minimum absolute atomic E-state index is 0.337. The lowest BCUT2D eigenvalue weighted by molar-refractivity contribution is 0.0600. The highest BCUT2D eigenvalue weighted by Gasteiger charge is 2.21. The number of carbonyl (C=O) groups is 1. The van der Waals surface area contributed by atoms with Gasteiger partial charge in [0.05, 0.1) is 23.4 Å². The summed E-state index contributed by atoms with van der Waals surface area (Å²) in [4.78, 5) is 19.3. The maximum atomic E-state index is 11.8. The molecule has 0 aliphatic carbocycles. The summed E-state index contributed by atoms with van der Waals surface area (Å²) in [5.41, 5.74) is 4.87. The van der Waals surface area contributed by atoms with E-state index in [-0.39, 0.29) is 5.97 Å². The molecule has 4 nitrogen and oxygen atoms in total. The van der Waals surface area contributed by atoms with E-state index in [0.29, 0.717) is 5.56 Å². The molecule has 1 aromatic heterocycles. The van der Waals surface area contributed by atoms with Gasteiger partial charge in [0.1, 0.15) is 0 Å². The van der Waals surface area contributed by atoms with E-state index >= 15 is 0 Å². The smallest absolute Gasteiger partial charge is 0.337 e. The molecule has 0 atom stereocenters. The number of ether oxygens (including phenoxy) is 1. The fraction of sp³-hybridized carbons (Fsp3) is 0.0833. The molecule has 0 spiro atoms. The second-order valence-electron chi connectivity index (χ2n) is 6.56. The van der Waals surface area contributed by atoms with E-state index in [1.54, 1.807) is 36.3 Å². The average Bonchev–Trinajstić information content (AvgIpc) is 3.09. The van der Waals surface area contributed by atoms with E-state index in [9.17, 15) is 4.79 Å². The molecule has 0 fully saturated rings. The molecule has 29 heavy (non-hydrogen) atoms. The molecule has 2 heterocycles. The van der Waals surface area contributed by atoms with Gasteiger partial charge in [0, 0.05) is 24.3 Å². The number of aromatic nitrogens is 1. The van der Waals surface area contributed by atoms with Gasteiger partial charge in [-0.1, -0.05) is 36.0 Å². The molecular weight excluding hydrogens is 380 g/mol. The molecule has 1 aliphatic rings. The largest absolute Gasteiger partial charge is 0.465 e. The lowest BCUT2D eigenvalue weighted by Gasteiger charge is -2.14. The van der Waals surface area contributed by atoms with Crippen LogP contribution >= 0.6 is 11.8 Å². The predicted octanol–water partition coefficient (Wildman–Crippen LogP) is 5.49. The topological polar surface area (TPSA) is 42.4 Å². The van der Waals surface area contributed by atoms with Gasteiger partial charge in [-0.3, -0.25) is 4.98 Å². The predicted molar refractivity (Wildman–Crippen MR) is 119 cm³/mol. The zero-order valence-corrected chi connectivity index (χ0v) is 17.0. The third-order valence-corrected chi connectivity index (χ3v) is 5.88. The Morgan fingerprint density at radius 2 is 1.69 bits per heavy atom. The number of hydrogen-bond acceptors (Lipinski definition) is 5. The Hall–Kier alpha value is -3.31. The highest BCUT2D eigenvalue weighted by molar-refractivity contribution is 8.03. The zero-order valence-electron chi connectivity index (χ0n) is 16.2. The van der Waals surface area contributed by atoms with Crippen LogP contribution in [0.15, 0.2) is 89.1 Å². The van der Waals surface area contributed by atoms with Gasteiger partial charge < -0.3 is 9.64 Å². The van der Waals surface area contributed by atoms with Crippen LogP contribution in [-0.4, -0.2) is 25.1 Å². The van der Waals surface area contributed by atoms with Gasteiger partial charge in [0.25, 0.3) is 0 Å². The van der Waals surface area contributed by atoms with Crippen molar-refractivity contribution in [3.8, 4) is 0 Å². The number of rotatable bonds is 4. The molecule has 0 amide bonds. The second kappa shape index (κ2) is 8.37. The molecule has 0 N–H and O–H groups in total. The highest BCUT2D eigenvalue weighted by atomic mass is 32.2. The Morgan fingerprint density at radius 3 is 2.38 bits per heavy atom. The Balaban J connectivity index is 1.74. The number of benzene rings is 2. The van der Waals surface area contributed by atoms with Gasteiger partial charge in [0.2, 0.25) is 0 Å². The average molecular weight is 401 g/mol. The molecule has 3 aromatic rings. The lowest BCUT2D eigenvalue weighted by atomic mass is 10.0. The zero-order chi connectivity index (χ0) is 20.2. The van der Waals surface area contributed by atoms with E-state index in [0.717, 1.165) is 21.7 Å². The fourth-order valence-electron chi connectivity index (χ4n) is 3.14. The van der Waals surface area contributed by atoms with Crippen LogP contribution < -0.4 is 4.90 Å². The molecule has 2 aromatic carbocycles. The van der Waals surface area contributed by atoms with Crippen molar-refractivity contribution in [3.05, 3.63) is 101 Å². The number of carbonyl (C=O) groups excluding carboxylic acids is 1. The summed E-state index contributed by atoms with van der Waals surface area (Å²) in [5, 5.41) is 1.14. The molecule has 1 aliphatic heterocycles. The Labute approximate surface area is 174 Å². The van der Waals surface area contributed by atoms with Crippen molar-refractivity contribution in [3.63, 3.8) is 0 Å². The minimum Gasteiger partial charge on any atom is -0.465 e. The van der Waals surface area contributed by atoms with Crippen molar-refractivity contribution in [2.75, 3.05) is 19.1 Å².